The first-order valence-corrected chi connectivity index (χ1v) is 7.52. The molecule has 0 bridgehead atoms. The highest BCUT2D eigenvalue weighted by molar-refractivity contribution is 7.09. The Hall–Kier alpha value is -0.770. The fourth-order valence-corrected chi connectivity index (χ4v) is 2.85. The Morgan fingerprint density at radius 3 is 2.78 bits per heavy atom. The van der Waals surface area contributed by atoms with Gasteiger partial charge in [0.15, 0.2) is 0 Å². The molecule has 2 rings (SSSR count). The zero-order valence-electron chi connectivity index (χ0n) is 10.1. The summed E-state index contributed by atoms with van der Waals surface area (Å²) in [6, 6.07) is 7.99. The average Bonchev–Trinajstić information content (AvgIpc) is 2.89. The molecule has 0 spiro atoms. The summed E-state index contributed by atoms with van der Waals surface area (Å²) in [5.74, 6) is 1.26. The quantitative estimate of drug-likeness (QED) is 0.752. The van der Waals surface area contributed by atoms with Gasteiger partial charge in [0, 0.05) is 11.4 Å². The Morgan fingerprint density at radius 2 is 2.17 bits per heavy atom. The molecule has 0 aliphatic heterocycles. The van der Waals surface area contributed by atoms with Gasteiger partial charge >= 0.3 is 0 Å². The molecule has 18 heavy (non-hydrogen) atoms. The van der Waals surface area contributed by atoms with Crippen LogP contribution in [-0.4, -0.2) is 11.5 Å². The van der Waals surface area contributed by atoms with E-state index in [-0.39, 0.29) is 0 Å². The van der Waals surface area contributed by atoms with Crippen LogP contribution in [0.2, 0.25) is 5.02 Å². The number of alkyl halides is 1. The fraction of sp³-hybridized carbons (Fsp3) is 0.308. The summed E-state index contributed by atoms with van der Waals surface area (Å²) in [5.41, 5.74) is 0.737. The van der Waals surface area contributed by atoms with E-state index in [2.05, 4.69) is 34.3 Å². The lowest BCUT2D eigenvalue weighted by Crippen LogP contribution is -2.22. The van der Waals surface area contributed by atoms with Crippen molar-refractivity contribution in [2.24, 2.45) is 0 Å². The zero-order valence-corrected chi connectivity index (χ0v) is 12.4. The van der Waals surface area contributed by atoms with E-state index in [1.54, 1.807) is 11.3 Å². The van der Waals surface area contributed by atoms with Crippen molar-refractivity contribution in [1.82, 2.24) is 4.98 Å². The second-order valence-electron chi connectivity index (χ2n) is 3.83. The molecule has 2 nitrogen and oxygen atoms in total. The number of thiophene rings is 1. The molecule has 0 aliphatic carbocycles. The number of rotatable bonds is 5. The summed E-state index contributed by atoms with van der Waals surface area (Å²) in [7, 11) is 0. The van der Waals surface area contributed by atoms with E-state index < -0.39 is 0 Å². The van der Waals surface area contributed by atoms with Gasteiger partial charge in [0.1, 0.15) is 5.82 Å². The van der Waals surface area contributed by atoms with Crippen molar-refractivity contribution < 1.29 is 0 Å². The maximum atomic E-state index is 6.02. The lowest BCUT2D eigenvalue weighted by atomic mass is 10.3. The summed E-state index contributed by atoms with van der Waals surface area (Å²) in [4.78, 5) is 8.04. The van der Waals surface area contributed by atoms with Gasteiger partial charge in [0.25, 0.3) is 0 Å². The van der Waals surface area contributed by atoms with Crippen LogP contribution in [0.3, 0.4) is 0 Å². The number of hydrogen-bond donors (Lipinski definition) is 0. The van der Waals surface area contributed by atoms with Gasteiger partial charge in [-0.05, 0) is 30.5 Å². The van der Waals surface area contributed by atoms with Gasteiger partial charge in [-0.15, -0.1) is 22.9 Å². The van der Waals surface area contributed by atoms with Crippen LogP contribution in [0.15, 0.2) is 29.6 Å². The summed E-state index contributed by atoms with van der Waals surface area (Å²) in [6.45, 7) is 3.88. The first-order valence-electron chi connectivity index (χ1n) is 5.73. The van der Waals surface area contributed by atoms with Gasteiger partial charge in [-0.2, -0.15) is 0 Å². The molecular formula is C13H14Cl2N2S. The summed E-state index contributed by atoms with van der Waals surface area (Å²) in [5, 5.41) is 2.71. The lowest BCUT2D eigenvalue weighted by molar-refractivity contribution is 0.819. The lowest BCUT2D eigenvalue weighted by Gasteiger charge is -2.21. The van der Waals surface area contributed by atoms with Crippen molar-refractivity contribution in [3.8, 4) is 0 Å². The maximum Gasteiger partial charge on any atom is 0.129 e. The number of anilines is 1. The summed E-state index contributed by atoms with van der Waals surface area (Å²) >= 11 is 13.6. The first kappa shape index (κ1) is 13.7. The van der Waals surface area contributed by atoms with Crippen LogP contribution in [0.4, 0.5) is 5.82 Å². The van der Waals surface area contributed by atoms with Gasteiger partial charge in [-0.25, -0.2) is 4.98 Å². The highest BCUT2D eigenvalue weighted by Crippen LogP contribution is 2.22. The van der Waals surface area contributed by atoms with Gasteiger partial charge in [0.05, 0.1) is 23.1 Å². The predicted octanol–water partition coefficient (Wildman–Crippen LogP) is 4.56. The van der Waals surface area contributed by atoms with E-state index in [9.17, 15) is 0 Å². The van der Waals surface area contributed by atoms with E-state index >= 15 is 0 Å². The van der Waals surface area contributed by atoms with Gasteiger partial charge in [-0.3, -0.25) is 0 Å². The summed E-state index contributed by atoms with van der Waals surface area (Å²) in [6.07, 6.45) is 0. The Labute approximate surface area is 121 Å². The third-order valence-electron chi connectivity index (χ3n) is 2.66. The van der Waals surface area contributed by atoms with Crippen LogP contribution in [0.25, 0.3) is 0 Å². The number of halogens is 2. The van der Waals surface area contributed by atoms with E-state index in [1.165, 1.54) is 4.88 Å². The highest BCUT2D eigenvalue weighted by atomic mass is 35.5. The summed E-state index contributed by atoms with van der Waals surface area (Å²) < 4.78 is 0. The van der Waals surface area contributed by atoms with Crippen molar-refractivity contribution in [2.45, 2.75) is 19.3 Å². The number of nitrogens with zero attached hydrogens (tertiary/aromatic N) is 2. The van der Waals surface area contributed by atoms with Gasteiger partial charge < -0.3 is 4.90 Å². The minimum atomic E-state index is 0.337. The second-order valence-corrected chi connectivity index (χ2v) is 5.53. The molecule has 0 radical (unpaired) electrons. The first-order chi connectivity index (χ1) is 8.74. The van der Waals surface area contributed by atoms with Gasteiger partial charge in [-0.1, -0.05) is 17.7 Å². The Kier molecular flexibility index (Phi) is 4.87. The van der Waals surface area contributed by atoms with Crippen LogP contribution >= 0.6 is 34.5 Å². The number of pyridine rings is 1. The highest BCUT2D eigenvalue weighted by Gasteiger charge is 2.10. The molecule has 5 heteroatoms. The van der Waals surface area contributed by atoms with Crippen LogP contribution in [-0.2, 0) is 12.4 Å². The third kappa shape index (κ3) is 3.16. The third-order valence-corrected chi connectivity index (χ3v) is 4.12. The molecule has 2 aromatic rings. The smallest absolute Gasteiger partial charge is 0.129 e. The van der Waals surface area contributed by atoms with Crippen molar-refractivity contribution in [3.05, 3.63) is 45.2 Å². The minimum absolute atomic E-state index is 0.337. The molecule has 0 unspecified atom stereocenters. The Bertz CT molecular complexity index is 500. The van der Waals surface area contributed by atoms with Crippen LogP contribution < -0.4 is 4.90 Å². The molecule has 0 fully saturated rings. The van der Waals surface area contributed by atoms with Gasteiger partial charge in [0.2, 0.25) is 0 Å². The molecule has 0 saturated carbocycles. The van der Waals surface area contributed by atoms with Crippen molar-refractivity contribution in [2.75, 3.05) is 11.4 Å². The van der Waals surface area contributed by atoms with Crippen LogP contribution in [0.1, 0.15) is 17.5 Å². The number of hydrogen-bond acceptors (Lipinski definition) is 3. The van der Waals surface area contributed by atoms with Crippen LogP contribution in [0.5, 0.6) is 0 Å². The topological polar surface area (TPSA) is 16.1 Å². The van der Waals surface area contributed by atoms with Crippen molar-refractivity contribution in [3.63, 3.8) is 0 Å². The Morgan fingerprint density at radius 1 is 1.33 bits per heavy atom. The molecule has 0 atom stereocenters. The molecule has 2 aromatic heterocycles. The normalized spacial score (nSPS) is 10.6. The second kappa shape index (κ2) is 6.41. The molecule has 96 valence electrons. The standard InChI is InChI=1S/C13H14Cl2N2S/c1-2-17(9-10-4-3-7-18-10)13-6-5-11(15)12(8-14)16-13/h3-7H,2,8-9H2,1H3. The number of aromatic nitrogens is 1. The van der Waals surface area contributed by atoms with E-state index in [4.69, 9.17) is 23.2 Å². The fourth-order valence-electron chi connectivity index (χ4n) is 1.69. The SMILES string of the molecule is CCN(Cc1cccs1)c1ccc(Cl)c(CCl)n1. The maximum absolute atomic E-state index is 6.02. The van der Waals surface area contributed by atoms with Crippen LogP contribution in [0, 0.1) is 0 Å². The van der Waals surface area contributed by atoms with E-state index in [0.29, 0.717) is 10.9 Å². The molecule has 2 heterocycles. The molecule has 0 aromatic carbocycles. The van der Waals surface area contributed by atoms with E-state index in [0.717, 1.165) is 24.6 Å². The van der Waals surface area contributed by atoms with Crippen molar-refractivity contribution in [1.29, 1.82) is 0 Å². The Balaban J connectivity index is 2.21. The predicted molar refractivity (Wildman–Crippen MR) is 79.8 cm³/mol. The molecule has 0 saturated heterocycles. The monoisotopic (exact) mass is 300 g/mol. The molecule has 0 amide bonds. The average molecular weight is 301 g/mol. The molecule has 0 N–H and O–H groups in total. The van der Waals surface area contributed by atoms with E-state index in [1.807, 2.05) is 12.1 Å². The molecular weight excluding hydrogens is 287 g/mol. The zero-order chi connectivity index (χ0) is 13.0. The largest absolute Gasteiger partial charge is 0.352 e. The minimum Gasteiger partial charge on any atom is -0.352 e. The van der Waals surface area contributed by atoms with Crippen molar-refractivity contribution >= 4 is 40.4 Å². The molecule has 0 aliphatic rings.